The van der Waals surface area contributed by atoms with E-state index in [2.05, 4.69) is 6.07 Å². The maximum absolute atomic E-state index is 8.22. The summed E-state index contributed by atoms with van der Waals surface area (Å²) in [6.07, 6.45) is 1.52. The molecule has 0 unspecified atom stereocenters. The van der Waals surface area contributed by atoms with E-state index in [0.29, 0.717) is 6.42 Å². The fraction of sp³-hybridized carbons (Fsp3) is 0.154. The predicted octanol–water partition coefficient (Wildman–Crippen LogP) is 3.26. The molecular formula is C13H13FeN-6. The fourth-order valence-electron chi connectivity index (χ4n) is 1.10. The molecule has 0 saturated carbocycles. The molecule has 2 rings (SSSR count). The van der Waals surface area contributed by atoms with Crippen LogP contribution in [0.5, 0.6) is 0 Å². The van der Waals surface area contributed by atoms with Gasteiger partial charge in [-0.25, -0.2) is 12.1 Å². The Morgan fingerprint density at radius 2 is 1.47 bits per heavy atom. The van der Waals surface area contributed by atoms with Crippen molar-refractivity contribution in [2.45, 2.75) is 12.8 Å². The van der Waals surface area contributed by atoms with Crippen LogP contribution in [0.3, 0.4) is 0 Å². The van der Waals surface area contributed by atoms with Crippen LogP contribution in [-0.2, 0) is 23.5 Å². The summed E-state index contributed by atoms with van der Waals surface area (Å²) in [5, 5.41) is 8.22. The Morgan fingerprint density at radius 3 is 1.87 bits per heavy atom. The van der Waals surface area contributed by atoms with Crippen LogP contribution >= 0.6 is 0 Å². The first-order valence-corrected chi connectivity index (χ1v) is 4.67. The topological polar surface area (TPSA) is 23.8 Å². The Hall–Kier alpha value is -1.29. The quantitative estimate of drug-likeness (QED) is 0.582. The Kier molecular flexibility index (Phi) is 8.47. The summed E-state index contributed by atoms with van der Waals surface area (Å²) in [6.45, 7) is 0. The van der Waals surface area contributed by atoms with Gasteiger partial charge in [-0.2, -0.15) is 23.0 Å². The van der Waals surface area contributed by atoms with E-state index in [-0.39, 0.29) is 17.1 Å². The molecule has 0 aliphatic heterocycles. The summed E-state index contributed by atoms with van der Waals surface area (Å²) < 4.78 is 0. The van der Waals surface area contributed by atoms with E-state index in [1.54, 1.807) is 0 Å². The van der Waals surface area contributed by atoms with E-state index in [4.69, 9.17) is 5.26 Å². The molecule has 15 heavy (non-hydrogen) atoms. The number of nitriles is 1. The summed E-state index contributed by atoms with van der Waals surface area (Å²) in [6, 6.07) is 20.2. The average molecular weight is 239 g/mol. The maximum Gasteiger partial charge on any atom is 0.0614 e. The van der Waals surface area contributed by atoms with Gasteiger partial charge < -0.3 is 30.3 Å². The summed E-state index contributed by atoms with van der Waals surface area (Å²) in [5.74, 6) is 0. The van der Waals surface area contributed by atoms with Gasteiger partial charge in [-0.15, -0.1) is 0 Å². The molecule has 0 spiro atoms. The van der Waals surface area contributed by atoms with E-state index >= 15 is 0 Å². The first kappa shape index (κ1) is 13.7. The van der Waals surface area contributed by atoms with Gasteiger partial charge in [-0.05, 0) is 0 Å². The van der Waals surface area contributed by atoms with E-state index in [1.165, 1.54) is 5.56 Å². The van der Waals surface area contributed by atoms with Crippen molar-refractivity contribution in [2.24, 2.45) is 0 Å². The van der Waals surface area contributed by atoms with Crippen molar-refractivity contribution >= 4 is 0 Å². The van der Waals surface area contributed by atoms with E-state index in [0.717, 1.165) is 6.42 Å². The standard InChI is InChI=1S/C8H8N.C5H5.Fe/c9-7-3-6-8-4-1-2-5-8;1-2-4-5-3-1;/h1-2,4-5H,3,6H2;1-5H;/q-1;-5;. The smallest absolute Gasteiger partial charge is 0.0614 e. The molecule has 0 atom stereocenters. The third-order valence-electron chi connectivity index (χ3n) is 1.81. The van der Waals surface area contributed by atoms with Crippen LogP contribution in [0.2, 0.25) is 0 Å². The molecule has 1 nitrogen and oxygen atoms in total. The second-order valence-corrected chi connectivity index (χ2v) is 2.91. The van der Waals surface area contributed by atoms with Crippen LogP contribution in [0.15, 0.2) is 54.6 Å². The molecule has 0 radical (unpaired) electrons. The second-order valence-electron chi connectivity index (χ2n) is 2.91. The van der Waals surface area contributed by atoms with Gasteiger partial charge in [-0.3, -0.25) is 0 Å². The molecule has 0 aliphatic carbocycles. The maximum atomic E-state index is 8.22. The molecule has 84 valence electrons. The summed E-state index contributed by atoms with van der Waals surface area (Å²) >= 11 is 0. The molecule has 2 aromatic carbocycles. The minimum absolute atomic E-state index is 0. The van der Waals surface area contributed by atoms with E-state index in [9.17, 15) is 0 Å². The van der Waals surface area contributed by atoms with Crippen molar-refractivity contribution in [1.82, 2.24) is 0 Å². The number of hydrogen-bond acceptors (Lipinski definition) is 1. The molecule has 0 fully saturated rings. The second kappa shape index (κ2) is 9.27. The monoisotopic (exact) mass is 239 g/mol. The van der Waals surface area contributed by atoms with Gasteiger partial charge in [0.1, 0.15) is 0 Å². The number of hydrogen-bond donors (Lipinski definition) is 0. The van der Waals surface area contributed by atoms with Crippen molar-refractivity contribution < 1.29 is 17.1 Å². The summed E-state index contributed by atoms with van der Waals surface area (Å²) in [4.78, 5) is 0. The third-order valence-corrected chi connectivity index (χ3v) is 1.81. The Labute approximate surface area is 102 Å². The zero-order valence-electron chi connectivity index (χ0n) is 8.41. The van der Waals surface area contributed by atoms with Gasteiger partial charge in [0.15, 0.2) is 0 Å². The summed E-state index contributed by atoms with van der Waals surface area (Å²) in [7, 11) is 0. The van der Waals surface area contributed by atoms with Gasteiger partial charge in [0, 0.05) is 23.5 Å². The van der Waals surface area contributed by atoms with Crippen molar-refractivity contribution in [3.8, 4) is 6.07 Å². The van der Waals surface area contributed by atoms with Crippen molar-refractivity contribution in [3.63, 3.8) is 0 Å². The first-order chi connectivity index (χ1) is 6.93. The molecule has 0 bridgehead atoms. The van der Waals surface area contributed by atoms with Gasteiger partial charge in [-0.1, -0.05) is 6.42 Å². The zero-order valence-corrected chi connectivity index (χ0v) is 9.52. The minimum Gasteiger partial charge on any atom is -0.748 e. The van der Waals surface area contributed by atoms with Gasteiger partial charge in [0.05, 0.1) is 6.07 Å². The molecule has 2 heteroatoms. The molecule has 2 aromatic rings. The predicted molar refractivity (Wildman–Crippen MR) is 58.0 cm³/mol. The van der Waals surface area contributed by atoms with Gasteiger partial charge in [0.2, 0.25) is 0 Å². The number of rotatable bonds is 2. The Balaban J connectivity index is 0.000000280. The SMILES string of the molecule is N#CCC[c-]1cccc1.[Fe].[cH-]1[cH-][cH-][cH-][cH-]1. The molecular weight excluding hydrogens is 226 g/mol. The van der Waals surface area contributed by atoms with Crippen LogP contribution in [0.1, 0.15) is 12.0 Å². The molecule has 0 heterocycles. The Morgan fingerprint density at radius 1 is 1.00 bits per heavy atom. The first-order valence-electron chi connectivity index (χ1n) is 4.67. The van der Waals surface area contributed by atoms with E-state index < -0.39 is 0 Å². The normalized spacial score (nSPS) is 7.93. The average Bonchev–Trinajstić information content (AvgIpc) is 2.90. The zero-order chi connectivity index (χ0) is 10.1. The van der Waals surface area contributed by atoms with Crippen LogP contribution < -0.4 is 0 Å². The fourth-order valence-corrected chi connectivity index (χ4v) is 1.10. The van der Waals surface area contributed by atoms with Crippen LogP contribution in [0, 0.1) is 11.3 Å². The molecule has 0 amide bonds. The molecule has 0 aliphatic rings. The largest absolute Gasteiger partial charge is 0.748 e. The third kappa shape index (κ3) is 6.74. The van der Waals surface area contributed by atoms with Gasteiger partial charge in [0.25, 0.3) is 0 Å². The van der Waals surface area contributed by atoms with Gasteiger partial charge >= 0.3 is 0 Å². The van der Waals surface area contributed by atoms with Crippen LogP contribution in [0.4, 0.5) is 0 Å². The van der Waals surface area contributed by atoms with E-state index in [1.807, 2.05) is 54.6 Å². The van der Waals surface area contributed by atoms with Crippen LogP contribution in [0.25, 0.3) is 0 Å². The molecule has 0 N–H and O–H groups in total. The number of aryl methyl sites for hydroxylation is 1. The molecule has 0 aromatic heterocycles. The van der Waals surface area contributed by atoms with Crippen molar-refractivity contribution in [2.75, 3.05) is 0 Å². The number of nitrogens with zero attached hydrogens (tertiary/aromatic N) is 1. The summed E-state index contributed by atoms with van der Waals surface area (Å²) in [5.41, 5.74) is 1.26. The van der Waals surface area contributed by atoms with Crippen molar-refractivity contribution in [3.05, 3.63) is 60.2 Å². The van der Waals surface area contributed by atoms with Crippen LogP contribution in [-0.4, -0.2) is 0 Å². The Bertz CT molecular complexity index is 323. The molecule has 0 saturated heterocycles. The van der Waals surface area contributed by atoms with Crippen molar-refractivity contribution in [1.29, 1.82) is 5.26 Å². The minimum atomic E-state index is 0.